The summed E-state index contributed by atoms with van der Waals surface area (Å²) in [6.45, 7) is -0.212. The molecule has 5 rings (SSSR count). The molecule has 0 saturated carbocycles. The van der Waals surface area contributed by atoms with Gasteiger partial charge in [0, 0.05) is 31.6 Å². The van der Waals surface area contributed by atoms with Gasteiger partial charge in [0.2, 0.25) is 10.0 Å². The molecule has 160 valence electrons. The number of fused-ring (bicyclic) bond motifs is 2. The monoisotopic (exact) mass is 477 g/mol. The van der Waals surface area contributed by atoms with Crippen molar-refractivity contribution in [3.05, 3.63) is 41.9 Å². The Bertz CT molecular complexity index is 1390. The summed E-state index contributed by atoms with van der Waals surface area (Å²) in [6.07, 6.45) is -0.468. The lowest BCUT2D eigenvalue weighted by Gasteiger charge is -2.34. The maximum Gasteiger partial charge on any atom is 0.262 e. The highest BCUT2D eigenvalue weighted by Gasteiger charge is 2.44. The summed E-state index contributed by atoms with van der Waals surface area (Å²) >= 11 is 2.41. The minimum absolute atomic E-state index is 0.0473. The number of rotatable bonds is 4. The summed E-state index contributed by atoms with van der Waals surface area (Å²) < 4.78 is 51.9. The Kier molecular flexibility index (Phi) is 4.96. The number of carbonyl (C=O) groups is 1. The van der Waals surface area contributed by atoms with Crippen molar-refractivity contribution in [1.82, 2.24) is 18.0 Å². The lowest BCUT2D eigenvalue weighted by molar-refractivity contribution is -0.129. The third-order valence-corrected chi connectivity index (χ3v) is 8.66. The number of amides is 1. The summed E-state index contributed by atoms with van der Waals surface area (Å²) in [7, 11) is -3.88. The molecule has 0 bridgehead atoms. The zero-order valence-corrected chi connectivity index (χ0v) is 18.4. The van der Waals surface area contributed by atoms with E-state index < -0.39 is 21.6 Å². The first-order chi connectivity index (χ1) is 14.9. The van der Waals surface area contributed by atoms with Crippen LogP contribution in [0.15, 0.2) is 46.8 Å². The largest absolute Gasteiger partial charge is 0.323 e. The number of halogens is 1. The third kappa shape index (κ3) is 3.59. The van der Waals surface area contributed by atoms with Crippen LogP contribution in [-0.4, -0.2) is 51.1 Å². The predicted molar refractivity (Wildman–Crippen MR) is 117 cm³/mol. The zero-order chi connectivity index (χ0) is 21.6. The first-order valence-corrected chi connectivity index (χ1v) is 12.5. The Morgan fingerprint density at radius 3 is 2.74 bits per heavy atom. The minimum atomic E-state index is -3.88. The SMILES string of the molecule is O=C(Nc1ccc2scnc2c1)C1(F)CCN(S(=O)(=O)c2cccc3nsnc23)CC1. The Labute approximate surface area is 185 Å². The Morgan fingerprint density at radius 2 is 1.94 bits per heavy atom. The molecule has 3 heterocycles. The fourth-order valence-corrected chi connectivity index (χ4v) is 6.47. The lowest BCUT2D eigenvalue weighted by atomic mass is 9.93. The number of carbonyl (C=O) groups excluding carboxylic acids is 1. The molecule has 0 aliphatic carbocycles. The van der Waals surface area contributed by atoms with Crippen LogP contribution in [0.4, 0.5) is 10.1 Å². The van der Waals surface area contributed by atoms with E-state index in [1.165, 1.54) is 21.7 Å². The van der Waals surface area contributed by atoms with Gasteiger partial charge in [0.05, 0.1) is 27.5 Å². The molecule has 31 heavy (non-hydrogen) atoms. The van der Waals surface area contributed by atoms with Gasteiger partial charge in [-0.3, -0.25) is 4.79 Å². The van der Waals surface area contributed by atoms with Crippen molar-refractivity contribution >= 4 is 65.9 Å². The fourth-order valence-electron chi connectivity index (χ4n) is 3.62. The van der Waals surface area contributed by atoms with Gasteiger partial charge in [-0.15, -0.1) is 11.3 Å². The van der Waals surface area contributed by atoms with Crippen LogP contribution >= 0.6 is 23.1 Å². The molecule has 0 spiro atoms. The number of alkyl halides is 1. The molecular weight excluding hydrogens is 461 g/mol. The van der Waals surface area contributed by atoms with Crippen LogP contribution in [0, 0.1) is 0 Å². The first-order valence-electron chi connectivity index (χ1n) is 9.42. The Morgan fingerprint density at radius 1 is 1.13 bits per heavy atom. The van der Waals surface area contributed by atoms with Crippen LogP contribution in [0.2, 0.25) is 0 Å². The van der Waals surface area contributed by atoms with Crippen molar-refractivity contribution in [2.75, 3.05) is 18.4 Å². The van der Waals surface area contributed by atoms with Gasteiger partial charge in [-0.1, -0.05) is 6.07 Å². The third-order valence-electron chi connectivity index (χ3n) is 5.38. The van der Waals surface area contributed by atoms with E-state index in [9.17, 15) is 13.2 Å². The van der Waals surface area contributed by atoms with Crippen molar-refractivity contribution in [3.8, 4) is 0 Å². The molecule has 0 radical (unpaired) electrons. The minimum Gasteiger partial charge on any atom is -0.323 e. The number of hydrogen-bond acceptors (Lipinski definition) is 8. The summed E-state index contributed by atoms with van der Waals surface area (Å²) in [4.78, 5) is 16.9. The van der Waals surface area contributed by atoms with E-state index in [0.717, 1.165) is 21.9 Å². The number of sulfonamides is 1. The molecule has 1 N–H and O–H groups in total. The van der Waals surface area contributed by atoms with Crippen molar-refractivity contribution < 1.29 is 17.6 Å². The smallest absolute Gasteiger partial charge is 0.262 e. The van der Waals surface area contributed by atoms with Crippen LogP contribution in [0.1, 0.15) is 12.8 Å². The maximum absolute atomic E-state index is 15.4. The summed E-state index contributed by atoms with van der Waals surface area (Å²) in [5, 5.41) is 2.61. The van der Waals surface area contributed by atoms with E-state index in [1.54, 1.807) is 29.8 Å². The molecule has 1 aliphatic rings. The van der Waals surface area contributed by atoms with Gasteiger partial charge in [0.1, 0.15) is 15.9 Å². The van der Waals surface area contributed by atoms with Gasteiger partial charge >= 0.3 is 0 Å². The molecule has 1 saturated heterocycles. The van der Waals surface area contributed by atoms with E-state index >= 15 is 4.39 Å². The Balaban J connectivity index is 1.31. The number of piperidine rings is 1. The molecule has 12 heteroatoms. The van der Waals surface area contributed by atoms with Crippen LogP contribution < -0.4 is 5.32 Å². The van der Waals surface area contributed by atoms with E-state index in [0.29, 0.717) is 16.7 Å². The zero-order valence-electron chi connectivity index (χ0n) is 16.0. The summed E-state index contributed by atoms with van der Waals surface area (Å²) in [5.74, 6) is -0.773. The molecule has 4 aromatic rings. The van der Waals surface area contributed by atoms with Gasteiger partial charge in [0.25, 0.3) is 5.91 Å². The average molecular weight is 478 g/mol. The van der Waals surface area contributed by atoms with Crippen LogP contribution in [0.3, 0.4) is 0 Å². The summed E-state index contributed by atoms with van der Waals surface area (Å²) in [6, 6.07) is 9.97. The maximum atomic E-state index is 15.4. The highest BCUT2D eigenvalue weighted by Crippen LogP contribution is 2.33. The van der Waals surface area contributed by atoms with Crippen LogP contribution in [0.25, 0.3) is 21.3 Å². The van der Waals surface area contributed by atoms with Crippen molar-refractivity contribution in [1.29, 1.82) is 0 Å². The van der Waals surface area contributed by atoms with Crippen LogP contribution in [-0.2, 0) is 14.8 Å². The number of benzene rings is 2. The normalized spacial score (nSPS) is 17.2. The van der Waals surface area contributed by atoms with Crippen molar-refractivity contribution in [2.45, 2.75) is 23.4 Å². The quantitative estimate of drug-likeness (QED) is 0.483. The second-order valence-electron chi connectivity index (χ2n) is 7.25. The van der Waals surface area contributed by atoms with Gasteiger partial charge in [-0.05, 0) is 30.3 Å². The topological polar surface area (TPSA) is 105 Å². The second-order valence-corrected chi connectivity index (χ2v) is 10.6. The fraction of sp³-hybridized carbons (Fsp3) is 0.263. The molecule has 2 aromatic heterocycles. The molecule has 2 aromatic carbocycles. The van der Waals surface area contributed by atoms with Gasteiger partial charge in [-0.25, -0.2) is 17.8 Å². The number of aromatic nitrogens is 3. The number of thiazole rings is 1. The first kappa shape index (κ1) is 20.4. The standard InChI is InChI=1S/C19H16FN5O3S3/c20-19(18(26)22-12-4-5-15-14(10-12)21-11-29-15)6-8-25(9-7-19)31(27,28)16-3-1-2-13-17(16)24-30-23-13/h1-5,10-11H,6-9H2,(H,22,26). The number of nitrogens with one attached hydrogen (secondary N) is 1. The van der Waals surface area contributed by atoms with Gasteiger partial charge < -0.3 is 5.32 Å². The molecule has 8 nitrogen and oxygen atoms in total. The number of hydrogen-bond donors (Lipinski definition) is 1. The van der Waals surface area contributed by atoms with Crippen molar-refractivity contribution in [2.24, 2.45) is 0 Å². The van der Waals surface area contributed by atoms with Crippen LogP contribution in [0.5, 0.6) is 0 Å². The second kappa shape index (κ2) is 7.55. The number of nitrogens with zero attached hydrogens (tertiary/aromatic N) is 4. The predicted octanol–water partition coefficient (Wildman–Crippen LogP) is 3.43. The van der Waals surface area contributed by atoms with Crippen molar-refractivity contribution in [3.63, 3.8) is 0 Å². The highest BCUT2D eigenvalue weighted by molar-refractivity contribution is 7.89. The van der Waals surface area contributed by atoms with Gasteiger partial charge in [-0.2, -0.15) is 13.1 Å². The van der Waals surface area contributed by atoms with E-state index in [4.69, 9.17) is 0 Å². The molecule has 1 fully saturated rings. The average Bonchev–Trinajstić information content (AvgIpc) is 3.42. The number of anilines is 1. The molecule has 1 amide bonds. The lowest BCUT2D eigenvalue weighted by Crippen LogP contribution is -2.50. The molecule has 0 atom stereocenters. The van der Waals surface area contributed by atoms with E-state index in [-0.39, 0.29) is 30.8 Å². The molecular formula is C19H16FN5O3S3. The van der Waals surface area contributed by atoms with E-state index in [2.05, 4.69) is 19.0 Å². The highest BCUT2D eigenvalue weighted by atomic mass is 32.2. The molecule has 1 aliphatic heterocycles. The molecule has 0 unspecified atom stereocenters. The van der Waals surface area contributed by atoms with E-state index in [1.807, 2.05) is 6.07 Å². The Hall–Kier alpha value is -2.54. The van der Waals surface area contributed by atoms with Gasteiger partial charge in [0.15, 0.2) is 5.67 Å². The summed E-state index contributed by atoms with van der Waals surface area (Å²) in [5.41, 5.74) is 1.53.